The molecule has 0 aliphatic carbocycles. The number of halogens is 5. The van der Waals surface area contributed by atoms with Crippen molar-refractivity contribution in [2.75, 3.05) is 13.1 Å². The lowest BCUT2D eigenvalue weighted by Crippen LogP contribution is -2.39. The maximum absolute atomic E-state index is 13.9. The normalized spacial score (nSPS) is 14.8. The largest absolute Gasteiger partial charge is 0.416 e. The van der Waals surface area contributed by atoms with Crippen molar-refractivity contribution in [3.63, 3.8) is 0 Å². The van der Waals surface area contributed by atoms with E-state index in [1.54, 1.807) is 18.0 Å². The van der Waals surface area contributed by atoms with Gasteiger partial charge in [0.15, 0.2) is 5.75 Å². The van der Waals surface area contributed by atoms with E-state index in [0.717, 1.165) is 24.3 Å². The first-order valence-electron chi connectivity index (χ1n) is 11.5. The summed E-state index contributed by atoms with van der Waals surface area (Å²) in [5.74, 6) is -1.46. The molecule has 2 heterocycles. The number of aromatic nitrogens is 2. The van der Waals surface area contributed by atoms with Crippen LogP contribution in [0.3, 0.4) is 0 Å². The number of hydrogen-bond donors (Lipinski definition) is 0. The first-order chi connectivity index (χ1) is 17.6. The highest BCUT2D eigenvalue weighted by Crippen LogP contribution is 2.32. The highest BCUT2D eigenvalue weighted by Gasteiger charge is 2.31. The molecule has 194 valence electrons. The van der Waals surface area contributed by atoms with E-state index in [4.69, 9.17) is 4.84 Å². The van der Waals surface area contributed by atoms with Crippen molar-refractivity contribution in [1.29, 1.82) is 0 Å². The third-order valence-electron chi connectivity index (χ3n) is 6.10. The Balaban J connectivity index is 1.41. The summed E-state index contributed by atoms with van der Waals surface area (Å²) in [7, 11) is 0. The Morgan fingerprint density at radius 3 is 2.49 bits per heavy atom. The molecule has 0 atom stereocenters. The fourth-order valence-electron chi connectivity index (χ4n) is 4.16. The molecule has 0 unspecified atom stereocenters. The van der Waals surface area contributed by atoms with Crippen LogP contribution in [-0.4, -0.2) is 40.1 Å². The van der Waals surface area contributed by atoms with E-state index in [1.807, 2.05) is 0 Å². The second-order valence-electron chi connectivity index (χ2n) is 8.64. The number of rotatable bonds is 6. The summed E-state index contributed by atoms with van der Waals surface area (Å²) in [4.78, 5) is 28.1. The monoisotopic (exact) mass is 518 g/mol. The summed E-state index contributed by atoms with van der Waals surface area (Å²) in [5.41, 5.74) is 0.117. The first kappa shape index (κ1) is 26.2. The number of oxime groups is 1. The van der Waals surface area contributed by atoms with Crippen LogP contribution >= 0.6 is 0 Å². The second kappa shape index (κ2) is 11.0. The van der Waals surface area contributed by atoms with Crippen LogP contribution < -0.4 is 4.84 Å². The molecule has 3 aromatic rings. The molecule has 4 rings (SSSR count). The van der Waals surface area contributed by atoms with Gasteiger partial charge in [-0.05, 0) is 50.1 Å². The van der Waals surface area contributed by atoms with Gasteiger partial charge in [0.05, 0.1) is 23.9 Å². The second-order valence-corrected chi connectivity index (χ2v) is 8.64. The van der Waals surface area contributed by atoms with E-state index in [0.29, 0.717) is 43.0 Å². The molecule has 1 fully saturated rings. The van der Waals surface area contributed by atoms with E-state index in [9.17, 15) is 26.7 Å². The van der Waals surface area contributed by atoms with Gasteiger partial charge < -0.3 is 9.74 Å². The molecule has 0 bridgehead atoms. The maximum Gasteiger partial charge on any atom is 0.416 e. The Morgan fingerprint density at radius 2 is 1.81 bits per heavy atom. The van der Waals surface area contributed by atoms with Crippen molar-refractivity contribution in [3.8, 4) is 5.75 Å². The highest BCUT2D eigenvalue weighted by atomic mass is 19.4. The average Bonchev–Trinajstić information content (AvgIpc) is 2.87. The molecule has 0 saturated carbocycles. The Hall–Kier alpha value is -3.89. The minimum absolute atomic E-state index is 0.0500. The lowest BCUT2D eigenvalue weighted by Gasteiger charge is -2.32. The molecule has 1 saturated heterocycles. The molecule has 6 nitrogen and oxygen atoms in total. The van der Waals surface area contributed by atoms with E-state index < -0.39 is 23.4 Å². The van der Waals surface area contributed by atoms with E-state index in [1.165, 1.54) is 24.4 Å². The van der Waals surface area contributed by atoms with Gasteiger partial charge in [0.2, 0.25) is 5.91 Å². The molecular weight excluding hydrogens is 495 g/mol. The summed E-state index contributed by atoms with van der Waals surface area (Å²) in [5, 5.41) is 3.82. The van der Waals surface area contributed by atoms with Crippen LogP contribution in [0.5, 0.6) is 5.75 Å². The van der Waals surface area contributed by atoms with Gasteiger partial charge in [-0.2, -0.15) is 13.2 Å². The SMILES string of the molecule is Cc1ncc(/C=N/Oc2cccc(C(F)(F)F)c2)c(C2CCN(C(=O)Cc3c(F)cccc3F)CC2)n1. The number of likely N-dealkylation sites (tertiary alicyclic amines) is 1. The average molecular weight is 518 g/mol. The Morgan fingerprint density at radius 1 is 1.14 bits per heavy atom. The Labute approximate surface area is 209 Å². The van der Waals surface area contributed by atoms with Crippen LogP contribution in [0.15, 0.2) is 53.8 Å². The zero-order valence-corrected chi connectivity index (χ0v) is 19.8. The Kier molecular flexibility index (Phi) is 7.80. The number of alkyl halides is 3. The Bertz CT molecular complexity index is 1280. The molecule has 2 aromatic carbocycles. The molecule has 0 spiro atoms. The molecule has 1 aliphatic rings. The molecule has 1 aliphatic heterocycles. The number of piperidine rings is 1. The van der Waals surface area contributed by atoms with Gasteiger partial charge in [0.25, 0.3) is 0 Å². The number of carbonyl (C=O) groups excluding carboxylic acids is 1. The van der Waals surface area contributed by atoms with Crippen LogP contribution in [-0.2, 0) is 17.4 Å². The van der Waals surface area contributed by atoms with Gasteiger partial charge in [0, 0.05) is 36.3 Å². The van der Waals surface area contributed by atoms with Crippen LogP contribution in [0.1, 0.15) is 47.0 Å². The van der Waals surface area contributed by atoms with Crippen molar-refractivity contribution in [1.82, 2.24) is 14.9 Å². The quantitative estimate of drug-likeness (QED) is 0.248. The minimum atomic E-state index is -4.50. The molecule has 0 radical (unpaired) electrons. The van der Waals surface area contributed by atoms with Gasteiger partial charge in [-0.15, -0.1) is 0 Å². The third kappa shape index (κ3) is 6.46. The molecule has 1 aromatic heterocycles. The van der Waals surface area contributed by atoms with Crippen molar-refractivity contribution >= 4 is 12.1 Å². The number of carbonyl (C=O) groups is 1. The summed E-state index contributed by atoms with van der Waals surface area (Å²) >= 11 is 0. The molecule has 0 N–H and O–H groups in total. The number of amides is 1. The zero-order chi connectivity index (χ0) is 26.6. The lowest BCUT2D eigenvalue weighted by molar-refractivity contribution is -0.137. The fraction of sp³-hybridized carbons (Fsp3) is 0.308. The predicted molar refractivity (Wildman–Crippen MR) is 125 cm³/mol. The van der Waals surface area contributed by atoms with Crippen molar-refractivity contribution in [2.45, 2.75) is 38.3 Å². The number of hydrogen-bond acceptors (Lipinski definition) is 5. The van der Waals surface area contributed by atoms with E-state index in [2.05, 4.69) is 15.1 Å². The van der Waals surface area contributed by atoms with Gasteiger partial charge >= 0.3 is 6.18 Å². The maximum atomic E-state index is 13.9. The van der Waals surface area contributed by atoms with Gasteiger partial charge in [-0.25, -0.2) is 18.7 Å². The van der Waals surface area contributed by atoms with Crippen LogP contribution in [0, 0.1) is 18.6 Å². The van der Waals surface area contributed by atoms with Gasteiger partial charge in [0.1, 0.15) is 17.5 Å². The first-order valence-corrected chi connectivity index (χ1v) is 11.5. The fourth-order valence-corrected chi connectivity index (χ4v) is 4.16. The summed E-state index contributed by atoms with van der Waals surface area (Å²) in [6.45, 7) is 2.48. The van der Waals surface area contributed by atoms with E-state index in [-0.39, 0.29) is 29.6 Å². The van der Waals surface area contributed by atoms with Crippen LogP contribution in [0.4, 0.5) is 22.0 Å². The molecule has 11 heteroatoms. The number of aryl methyl sites for hydroxylation is 1. The van der Waals surface area contributed by atoms with Crippen LogP contribution in [0.25, 0.3) is 0 Å². The topological polar surface area (TPSA) is 67.7 Å². The molecular formula is C26H23F5N4O2. The number of benzene rings is 2. The van der Waals surface area contributed by atoms with Gasteiger partial charge in [-0.1, -0.05) is 17.3 Å². The summed E-state index contributed by atoms with van der Waals surface area (Å²) < 4.78 is 66.6. The summed E-state index contributed by atoms with van der Waals surface area (Å²) in [6.07, 6.45) is -0.863. The smallest absolute Gasteiger partial charge is 0.357 e. The standard InChI is InChI=1S/C26H23F5N4O2/c1-16-32-14-18(15-33-37-20-5-2-4-19(12-20)26(29,30)31)25(34-16)17-8-10-35(11-9-17)24(36)13-21-22(27)6-3-7-23(21)28/h2-7,12,14-15,17H,8-11,13H2,1H3/b33-15+. The van der Waals surface area contributed by atoms with Crippen molar-refractivity contribution in [3.05, 3.63) is 88.5 Å². The van der Waals surface area contributed by atoms with E-state index >= 15 is 0 Å². The highest BCUT2D eigenvalue weighted by molar-refractivity contribution is 5.81. The summed E-state index contributed by atoms with van der Waals surface area (Å²) in [6, 6.07) is 7.86. The number of nitrogens with zero attached hydrogens (tertiary/aromatic N) is 4. The lowest BCUT2D eigenvalue weighted by atomic mass is 9.90. The molecule has 37 heavy (non-hydrogen) atoms. The van der Waals surface area contributed by atoms with Crippen LogP contribution in [0.2, 0.25) is 0 Å². The molecule has 1 amide bonds. The predicted octanol–water partition coefficient (Wildman–Crippen LogP) is 5.44. The third-order valence-corrected chi connectivity index (χ3v) is 6.10. The van der Waals surface area contributed by atoms with Crippen molar-refractivity contribution < 1.29 is 31.6 Å². The van der Waals surface area contributed by atoms with Gasteiger partial charge in [-0.3, -0.25) is 4.79 Å². The van der Waals surface area contributed by atoms with Crippen molar-refractivity contribution in [2.24, 2.45) is 5.16 Å². The zero-order valence-electron chi connectivity index (χ0n) is 19.8. The minimum Gasteiger partial charge on any atom is -0.357 e.